The molecule has 1 aliphatic heterocycles. The van der Waals surface area contributed by atoms with Crippen LogP contribution in [0.4, 0.5) is 0 Å². The smallest absolute Gasteiger partial charge is 0.217 e. The summed E-state index contributed by atoms with van der Waals surface area (Å²) in [5, 5.41) is 14.4. The Morgan fingerprint density at radius 3 is 2.29 bits per heavy atom. The fourth-order valence-corrected chi connectivity index (χ4v) is 3.69. The van der Waals surface area contributed by atoms with Gasteiger partial charge in [0.15, 0.2) is 6.04 Å². The van der Waals surface area contributed by atoms with Crippen LogP contribution < -0.4 is 5.32 Å². The van der Waals surface area contributed by atoms with E-state index >= 15 is 0 Å². The van der Waals surface area contributed by atoms with Gasteiger partial charge < -0.3 is 5.32 Å². The number of hydroxylamine groups is 3. The van der Waals surface area contributed by atoms with Gasteiger partial charge in [0.2, 0.25) is 5.91 Å². The molecule has 1 unspecified atom stereocenters. The monoisotopic (exact) mass is 326 g/mol. The number of nitrogens with one attached hydrogen (secondary N) is 1. The van der Waals surface area contributed by atoms with E-state index in [1.165, 1.54) is 6.92 Å². The molecule has 126 valence electrons. The van der Waals surface area contributed by atoms with Crippen molar-refractivity contribution in [2.45, 2.75) is 31.8 Å². The Morgan fingerprint density at radius 1 is 1.08 bits per heavy atom. The van der Waals surface area contributed by atoms with Gasteiger partial charge in [0, 0.05) is 37.7 Å². The Bertz CT molecular complexity index is 670. The number of carbonyl (C=O) groups excluding carboxylic acids is 1. The highest BCUT2D eigenvalue weighted by Crippen LogP contribution is 2.40. The lowest BCUT2D eigenvalue weighted by Crippen LogP contribution is -2.50. The third-order valence-corrected chi connectivity index (χ3v) is 4.74. The fraction of sp³-hybridized carbons (Fsp3) is 0.368. The summed E-state index contributed by atoms with van der Waals surface area (Å²) < 4.78 is -0.0517. The molecule has 1 amide bonds. The minimum absolute atomic E-state index is 0.0517. The second-order valence-electron chi connectivity index (χ2n) is 6.46. The number of hydrogen-bond donors (Lipinski definition) is 2. The number of quaternary nitrogens is 1. The van der Waals surface area contributed by atoms with Crippen molar-refractivity contribution in [3.8, 4) is 0 Å². The third kappa shape index (κ3) is 3.47. The Labute approximate surface area is 142 Å². The standard InChI is InChI=1S/C19H23N3O2/c1-15(23)21-18(16-7-3-2-4-8-16)19(17-9-11-20-12-10-17)22(24)13-5-6-14-22/h2-4,7-12,18-19,24H,5-6,13-14H2,1H3/p+1/t18-,19?/m0/s1. The van der Waals surface area contributed by atoms with Gasteiger partial charge in [0.05, 0.1) is 0 Å². The molecule has 0 radical (unpaired) electrons. The summed E-state index contributed by atoms with van der Waals surface area (Å²) in [4.78, 5) is 16.0. The van der Waals surface area contributed by atoms with Gasteiger partial charge in [0.25, 0.3) is 0 Å². The van der Waals surface area contributed by atoms with Crippen LogP contribution in [-0.4, -0.2) is 33.8 Å². The van der Waals surface area contributed by atoms with Gasteiger partial charge in [-0.15, -0.1) is 0 Å². The summed E-state index contributed by atoms with van der Waals surface area (Å²) >= 11 is 0. The fourth-order valence-electron chi connectivity index (χ4n) is 3.69. The van der Waals surface area contributed by atoms with Crippen molar-refractivity contribution in [3.05, 3.63) is 66.0 Å². The molecule has 0 aliphatic carbocycles. The predicted molar refractivity (Wildman–Crippen MR) is 91.0 cm³/mol. The molecule has 2 aromatic rings. The molecule has 3 rings (SSSR count). The number of carbonyl (C=O) groups is 1. The van der Waals surface area contributed by atoms with Crippen molar-refractivity contribution in [2.75, 3.05) is 13.1 Å². The Kier molecular flexibility index (Phi) is 4.92. The van der Waals surface area contributed by atoms with E-state index in [9.17, 15) is 10.0 Å². The van der Waals surface area contributed by atoms with Crippen molar-refractivity contribution < 1.29 is 14.6 Å². The molecular weight excluding hydrogens is 302 g/mol. The number of aromatic nitrogens is 1. The first-order valence-electron chi connectivity index (χ1n) is 8.42. The van der Waals surface area contributed by atoms with Gasteiger partial charge in [-0.2, -0.15) is 4.65 Å². The van der Waals surface area contributed by atoms with Gasteiger partial charge in [-0.25, -0.2) is 5.21 Å². The van der Waals surface area contributed by atoms with E-state index in [4.69, 9.17) is 0 Å². The van der Waals surface area contributed by atoms with Gasteiger partial charge in [0.1, 0.15) is 19.1 Å². The number of pyridine rings is 1. The molecule has 2 atom stereocenters. The average Bonchev–Trinajstić information content (AvgIpc) is 3.03. The van der Waals surface area contributed by atoms with Crippen molar-refractivity contribution >= 4 is 5.91 Å². The lowest BCUT2D eigenvalue weighted by Gasteiger charge is -2.39. The molecule has 1 aromatic heterocycles. The predicted octanol–water partition coefficient (Wildman–Crippen LogP) is 3.00. The van der Waals surface area contributed by atoms with Gasteiger partial charge in [-0.05, 0) is 17.7 Å². The topological polar surface area (TPSA) is 62.2 Å². The highest BCUT2D eigenvalue weighted by atomic mass is 16.5. The largest absolute Gasteiger partial charge is 0.343 e. The van der Waals surface area contributed by atoms with E-state index in [2.05, 4.69) is 10.3 Å². The molecule has 1 aromatic carbocycles. The average molecular weight is 326 g/mol. The first-order chi connectivity index (χ1) is 11.6. The first-order valence-corrected chi connectivity index (χ1v) is 8.42. The second-order valence-corrected chi connectivity index (χ2v) is 6.46. The maximum absolute atomic E-state index is 11.9. The molecule has 5 heteroatoms. The molecular formula is C19H24N3O2+. The highest BCUT2D eigenvalue weighted by Gasteiger charge is 2.46. The minimum atomic E-state index is -0.297. The number of benzene rings is 1. The van der Waals surface area contributed by atoms with Crippen molar-refractivity contribution in [3.63, 3.8) is 0 Å². The number of hydrogen-bond acceptors (Lipinski definition) is 3. The molecule has 2 N–H and O–H groups in total. The van der Waals surface area contributed by atoms with Crippen LogP contribution in [0.2, 0.25) is 0 Å². The summed E-state index contributed by atoms with van der Waals surface area (Å²) in [5.41, 5.74) is 1.98. The SMILES string of the molecule is CC(=O)N[C@@H](c1ccccc1)C(c1ccncc1)[N+]1(O)CCCC1. The number of likely N-dealkylation sites (tertiary alicyclic amines) is 1. The molecule has 0 bridgehead atoms. The van der Waals surface area contributed by atoms with Crippen LogP contribution >= 0.6 is 0 Å². The van der Waals surface area contributed by atoms with Crippen LogP contribution in [0.15, 0.2) is 54.9 Å². The normalized spacial score (nSPS) is 18.8. The number of amides is 1. The zero-order chi connectivity index (χ0) is 17.0. The van der Waals surface area contributed by atoms with Crippen molar-refractivity contribution in [1.82, 2.24) is 10.3 Å². The van der Waals surface area contributed by atoms with Gasteiger partial charge in [-0.3, -0.25) is 9.78 Å². The van der Waals surface area contributed by atoms with E-state index in [0.717, 1.165) is 24.0 Å². The Morgan fingerprint density at radius 2 is 1.71 bits per heavy atom. The first kappa shape index (κ1) is 16.6. The quantitative estimate of drug-likeness (QED) is 0.830. The maximum Gasteiger partial charge on any atom is 0.217 e. The molecule has 1 aliphatic rings. The minimum Gasteiger partial charge on any atom is -0.343 e. The lowest BCUT2D eigenvalue weighted by atomic mass is 9.92. The lowest BCUT2D eigenvalue weighted by molar-refractivity contribution is -1.12. The molecule has 5 nitrogen and oxygen atoms in total. The van der Waals surface area contributed by atoms with E-state index in [1.807, 2.05) is 42.5 Å². The molecule has 24 heavy (non-hydrogen) atoms. The zero-order valence-electron chi connectivity index (χ0n) is 13.9. The third-order valence-electron chi connectivity index (χ3n) is 4.74. The van der Waals surface area contributed by atoms with Gasteiger partial charge in [-0.1, -0.05) is 30.3 Å². The highest BCUT2D eigenvalue weighted by molar-refractivity contribution is 5.73. The van der Waals surface area contributed by atoms with Crippen molar-refractivity contribution in [2.24, 2.45) is 0 Å². The Balaban J connectivity index is 2.08. The molecule has 1 saturated heterocycles. The summed E-state index contributed by atoms with van der Waals surface area (Å²) in [5.74, 6) is -0.103. The van der Waals surface area contributed by atoms with Crippen LogP contribution in [0, 0.1) is 0 Å². The summed E-state index contributed by atoms with van der Waals surface area (Å²) in [6.45, 7) is 2.90. The van der Waals surface area contributed by atoms with Crippen LogP contribution in [0.3, 0.4) is 0 Å². The van der Waals surface area contributed by atoms with Crippen LogP contribution in [0.1, 0.15) is 43.0 Å². The molecule has 2 heterocycles. The summed E-state index contributed by atoms with van der Waals surface area (Å²) in [6.07, 6.45) is 5.44. The van der Waals surface area contributed by atoms with Crippen LogP contribution in [0.5, 0.6) is 0 Å². The van der Waals surface area contributed by atoms with E-state index in [0.29, 0.717) is 13.1 Å². The van der Waals surface area contributed by atoms with Crippen LogP contribution in [-0.2, 0) is 4.79 Å². The summed E-state index contributed by atoms with van der Waals surface area (Å²) in [7, 11) is 0. The maximum atomic E-state index is 11.9. The van der Waals surface area contributed by atoms with E-state index in [1.54, 1.807) is 12.4 Å². The summed E-state index contributed by atoms with van der Waals surface area (Å²) in [6, 6.07) is 13.2. The van der Waals surface area contributed by atoms with Crippen molar-refractivity contribution in [1.29, 1.82) is 0 Å². The van der Waals surface area contributed by atoms with Crippen LogP contribution in [0.25, 0.3) is 0 Å². The zero-order valence-corrected chi connectivity index (χ0v) is 13.9. The second kappa shape index (κ2) is 7.11. The molecule has 0 spiro atoms. The Hall–Kier alpha value is -2.24. The number of rotatable bonds is 5. The molecule has 0 saturated carbocycles. The van der Waals surface area contributed by atoms with Gasteiger partial charge >= 0.3 is 0 Å². The van der Waals surface area contributed by atoms with E-state index in [-0.39, 0.29) is 22.6 Å². The number of nitrogens with zero attached hydrogens (tertiary/aromatic N) is 2. The molecule has 1 fully saturated rings. The van der Waals surface area contributed by atoms with E-state index < -0.39 is 0 Å².